The van der Waals surface area contributed by atoms with Gasteiger partial charge in [0.15, 0.2) is 0 Å². The van der Waals surface area contributed by atoms with Crippen LogP contribution in [-0.4, -0.2) is 38.5 Å². The smallest absolute Gasteiger partial charge is 0.346 e. The predicted molar refractivity (Wildman–Crippen MR) is 91.3 cm³/mol. The molecule has 24 heavy (non-hydrogen) atoms. The third kappa shape index (κ3) is 4.36. The maximum Gasteiger partial charge on any atom is 0.346 e. The maximum absolute atomic E-state index is 12.4. The minimum absolute atomic E-state index is 0.0224. The molecule has 0 aliphatic rings. The fourth-order valence-corrected chi connectivity index (χ4v) is 2.20. The molecule has 5 nitrogen and oxygen atoms in total. The molecule has 2 rings (SSSR count). The first-order chi connectivity index (χ1) is 11.7. The van der Waals surface area contributed by atoms with Gasteiger partial charge in [-0.15, -0.1) is 0 Å². The van der Waals surface area contributed by atoms with Gasteiger partial charge < -0.3 is 19.3 Å². The Morgan fingerprint density at radius 2 is 1.62 bits per heavy atom. The summed E-state index contributed by atoms with van der Waals surface area (Å²) in [6, 6.07) is 14.5. The highest BCUT2D eigenvalue weighted by atomic mass is 16.5. The third-order valence-electron chi connectivity index (χ3n) is 3.39. The standard InChI is InChI=1S/C19H20O5/c1-22-16-9-6-10-17(23-2)18(16)19(21)24-13-15(12-20)11-14-7-4-3-5-8-14/h3-11,20H,12-13H2,1-2H3/b15-11-. The van der Waals surface area contributed by atoms with Gasteiger partial charge in [0.25, 0.3) is 0 Å². The van der Waals surface area contributed by atoms with Crippen molar-refractivity contribution in [3.63, 3.8) is 0 Å². The summed E-state index contributed by atoms with van der Waals surface area (Å²) in [5, 5.41) is 9.46. The molecule has 126 valence electrons. The number of benzene rings is 2. The molecule has 1 N–H and O–H groups in total. The van der Waals surface area contributed by atoms with Gasteiger partial charge in [0, 0.05) is 0 Å². The van der Waals surface area contributed by atoms with Crippen LogP contribution in [0, 0.1) is 0 Å². The largest absolute Gasteiger partial charge is 0.496 e. The highest BCUT2D eigenvalue weighted by molar-refractivity contribution is 5.95. The average Bonchev–Trinajstić information content (AvgIpc) is 2.64. The van der Waals surface area contributed by atoms with Crippen LogP contribution in [0.3, 0.4) is 0 Å². The van der Waals surface area contributed by atoms with Crippen LogP contribution in [0.15, 0.2) is 54.1 Å². The highest BCUT2D eigenvalue weighted by Gasteiger charge is 2.19. The van der Waals surface area contributed by atoms with Crippen LogP contribution >= 0.6 is 0 Å². The molecule has 0 aromatic heterocycles. The van der Waals surface area contributed by atoms with Crippen LogP contribution in [0.4, 0.5) is 0 Å². The molecule has 0 fully saturated rings. The summed E-state index contributed by atoms with van der Waals surface area (Å²) in [5.74, 6) is 0.172. The Bertz CT molecular complexity index is 685. The molecule has 0 bridgehead atoms. The summed E-state index contributed by atoms with van der Waals surface area (Å²) in [5.41, 5.74) is 1.73. The highest BCUT2D eigenvalue weighted by Crippen LogP contribution is 2.29. The zero-order valence-electron chi connectivity index (χ0n) is 13.7. The molecule has 0 radical (unpaired) electrons. The van der Waals surface area contributed by atoms with Crippen LogP contribution in [0.1, 0.15) is 15.9 Å². The molecule has 0 aliphatic heterocycles. The van der Waals surface area contributed by atoms with E-state index in [0.29, 0.717) is 17.1 Å². The lowest BCUT2D eigenvalue weighted by molar-refractivity contribution is 0.0525. The number of hydrogen-bond acceptors (Lipinski definition) is 5. The summed E-state index contributed by atoms with van der Waals surface area (Å²) in [7, 11) is 2.94. The van der Waals surface area contributed by atoms with Crippen molar-refractivity contribution in [2.75, 3.05) is 27.4 Å². The van der Waals surface area contributed by atoms with Crippen LogP contribution < -0.4 is 9.47 Å². The number of ether oxygens (including phenoxy) is 3. The van der Waals surface area contributed by atoms with Crippen molar-refractivity contribution >= 4 is 12.0 Å². The molecular weight excluding hydrogens is 308 g/mol. The second-order valence-electron chi connectivity index (χ2n) is 4.99. The van der Waals surface area contributed by atoms with Crippen molar-refractivity contribution in [1.29, 1.82) is 0 Å². The number of aliphatic hydroxyl groups excluding tert-OH is 1. The topological polar surface area (TPSA) is 65.0 Å². The summed E-state index contributed by atoms with van der Waals surface area (Å²) in [6.07, 6.45) is 1.78. The van der Waals surface area contributed by atoms with Crippen molar-refractivity contribution in [2.45, 2.75) is 0 Å². The van der Waals surface area contributed by atoms with Crippen LogP contribution in [0.5, 0.6) is 11.5 Å². The molecule has 2 aromatic rings. The Balaban J connectivity index is 2.14. The quantitative estimate of drug-likeness (QED) is 0.792. The van der Waals surface area contributed by atoms with E-state index in [1.54, 1.807) is 24.3 Å². The molecule has 0 spiro atoms. The molecule has 0 saturated carbocycles. The number of esters is 1. The van der Waals surface area contributed by atoms with Gasteiger partial charge in [0.1, 0.15) is 23.7 Å². The number of hydrogen-bond donors (Lipinski definition) is 1. The Hall–Kier alpha value is -2.79. The van der Waals surface area contributed by atoms with E-state index >= 15 is 0 Å². The van der Waals surface area contributed by atoms with Gasteiger partial charge in [-0.2, -0.15) is 0 Å². The molecule has 0 heterocycles. The van der Waals surface area contributed by atoms with E-state index < -0.39 is 5.97 Å². The van der Waals surface area contributed by atoms with E-state index in [1.165, 1.54) is 14.2 Å². The third-order valence-corrected chi connectivity index (χ3v) is 3.39. The molecular formula is C19H20O5. The maximum atomic E-state index is 12.4. The molecule has 0 atom stereocenters. The van der Waals surface area contributed by atoms with Crippen LogP contribution in [-0.2, 0) is 4.74 Å². The number of carbonyl (C=O) groups excluding carboxylic acids is 1. The normalized spacial score (nSPS) is 11.0. The summed E-state index contributed by atoms with van der Waals surface area (Å²) < 4.78 is 15.7. The lowest BCUT2D eigenvalue weighted by atomic mass is 10.1. The Morgan fingerprint density at radius 3 is 2.17 bits per heavy atom. The molecule has 0 unspecified atom stereocenters. The van der Waals surface area contributed by atoms with Crippen molar-refractivity contribution in [1.82, 2.24) is 0 Å². The van der Waals surface area contributed by atoms with Crippen LogP contribution in [0.25, 0.3) is 6.08 Å². The van der Waals surface area contributed by atoms with E-state index in [1.807, 2.05) is 30.3 Å². The van der Waals surface area contributed by atoms with Crippen molar-refractivity contribution < 1.29 is 24.1 Å². The van der Waals surface area contributed by atoms with Gasteiger partial charge in [-0.05, 0) is 23.3 Å². The Morgan fingerprint density at radius 1 is 1.00 bits per heavy atom. The summed E-state index contributed by atoms with van der Waals surface area (Å²) in [6.45, 7) is -0.226. The van der Waals surface area contributed by atoms with Crippen molar-refractivity contribution in [3.8, 4) is 11.5 Å². The SMILES string of the molecule is COc1cccc(OC)c1C(=O)OC/C(=C\c1ccccc1)CO. The average molecular weight is 328 g/mol. The van der Waals surface area contributed by atoms with Crippen molar-refractivity contribution in [3.05, 3.63) is 65.2 Å². The van der Waals surface area contributed by atoms with Gasteiger partial charge in [-0.25, -0.2) is 4.79 Å². The molecule has 0 saturated heterocycles. The van der Waals surface area contributed by atoms with E-state index in [2.05, 4.69) is 0 Å². The monoisotopic (exact) mass is 328 g/mol. The number of aliphatic hydroxyl groups is 1. The van der Waals surface area contributed by atoms with Gasteiger partial charge in [-0.1, -0.05) is 42.5 Å². The first-order valence-corrected chi connectivity index (χ1v) is 7.43. The number of rotatable bonds is 7. The minimum atomic E-state index is -0.572. The first-order valence-electron chi connectivity index (χ1n) is 7.43. The van der Waals surface area contributed by atoms with E-state index in [9.17, 15) is 9.90 Å². The lowest BCUT2D eigenvalue weighted by Gasteiger charge is -2.13. The molecule has 5 heteroatoms. The van der Waals surface area contributed by atoms with E-state index in [-0.39, 0.29) is 18.8 Å². The summed E-state index contributed by atoms with van der Waals surface area (Å²) in [4.78, 5) is 12.4. The Kier molecular flexibility index (Phi) is 6.40. The van der Waals surface area contributed by atoms with Crippen molar-refractivity contribution in [2.24, 2.45) is 0 Å². The second-order valence-corrected chi connectivity index (χ2v) is 4.99. The second kappa shape index (κ2) is 8.74. The zero-order chi connectivity index (χ0) is 17.4. The molecule has 0 amide bonds. The zero-order valence-corrected chi connectivity index (χ0v) is 13.7. The number of methoxy groups -OCH3 is 2. The fraction of sp³-hybridized carbons (Fsp3) is 0.211. The number of carbonyl (C=O) groups is 1. The van der Waals surface area contributed by atoms with Gasteiger partial charge >= 0.3 is 5.97 Å². The van der Waals surface area contributed by atoms with Crippen LogP contribution in [0.2, 0.25) is 0 Å². The minimum Gasteiger partial charge on any atom is -0.496 e. The van der Waals surface area contributed by atoms with E-state index in [4.69, 9.17) is 14.2 Å². The Labute approximate surface area is 141 Å². The molecule has 2 aromatic carbocycles. The predicted octanol–water partition coefficient (Wildman–Crippen LogP) is 2.94. The summed E-state index contributed by atoms with van der Waals surface area (Å²) >= 11 is 0. The van der Waals surface area contributed by atoms with Gasteiger partial charge in [-0.3, -0.25) is 0 Å². The van der Waals surface area contributed by atoms with E-state index in [0.717, 1.165) is 5.56 Å². The fourth-order valence-electron chi connectivity index (χ4n) is 2.20. The first kappa shape index (κ1) is 17.6. The van der Waals surface area contributed by atoms with Gasteiger partial charge in [0.2, 0.25) is 0 Å². The van der Waals surface area contributed by atoms with Gasteiger partial charge in [0.05, 0.1) is 20.8 Å². The lowest BCUT2D eigenvalue weighted by Crippen LogP contribution is -2.12. The molecule has 0 aliphatic carbocycles.